The van der Waals surface area contributed by atoms with Gasteiger partial charge in [0.1, 0.15) is 0 Å². The smallest absolute Gasteiger partial charge is 0.313 e. The fourth-order valence-corrected chi connectivity index (χ4v) is 2.72. The van der Waals surface area contributed by atoms with E-state index in [0.717, 1.165) is 5.16 Å². The molecule has 88 valence electrons. The maximum atomic E-state index is 10.4. The molecule has 1 aromatic rings. The number of H-pyrrole nitrogens is 1. The molecule has 1 aliphatic carbocycles. The number of hydrogen-bond donors (Lipinski definition) is 2. The van der Waals surface area contributed by atoms with Gasteiger partial charge in [0.05, 0.1) is 5.75 Å². The largest absolute Gasteiger partial charge is 0.481 e. The summed E-state index contributed by atoms with van der Waals surface area (Å²) in [4.78, 5) is 17.9. The van der Waals surface area contributed by atoms with Gasteiger partial charge in [-0.3, -0.25) is 4.79 Å². The van der Waals surface area contributed by atoms with Crippen LogP contribution in [0, 0.1) is 0 Å². The van der Waals surface area contributed by atoms with Gasteiger partial charge < -0.3 is 10.1 Å². The van der Waals surface area contributed by atoms with E-state index in [-0.39, 0.29) is 5.75 Å². The Morgan fingerprint density at radius 1 is 1.50 bits per heavy atom. The van der Waals surface area contributed by atoms with Crippen LogP contribution in [-0.4, -0.2) is 26.8 Å². The van der Waals surface area contributed by atoms with Gasteiger partial charge in [-0.2, -0.15) is 0 Å². The Morgan fingerprint density at radius 3 is 2.94 bits per heavy atom. The van der Waals surface area contributed by atoms with Crippen molar-refractivity contribution < 1.29 is 9.90 Å². The number of hydrogen-bond acceptors (Lipinski definition) is 3. The zero-order valence-corrected chi connectivity index (χ0v) is 9.92. The summed E-state index contributed by atoms with van der Waals surface area (Å²) >= 11 is 1.25. The minimum Gasteiger partial charge on any atom is -0.481 e. The van der Waals surface area contributed by atoms with Crippen molar-refractivity contribution in [1.82, 2.24) is 9.97 Å². The number of imidazole rings is 1. The number of aliphatic carboxylic acids is 1. The molecule has 0 unspecified atom stereocenters. The Hall–Kier alpha value is -0.970. The summed E-state index contributed by atoms with van der Waals surface area (Å²) in [5, 5.41) is 9.29. The highest BCUT2D eigenvalue weighted by atomic mass is 32.2. The fourth-order valence-electron chi connectivity index (χ4n) is 2.14. The SMILES string of the molecule is O=C(O)CSc1ncc(C2CCCCC2)[nH]1. The molecule has 2 N–H and O–H groups in total. The molecule has 1 saturated carbocycles. The van der Waals surface area contributed by atoms with Crippen LogP contribution in [0.5, 0.6) is 0 Å². The van der Waals surface area contributed by atoms with Gasteiger partial charge in [-0.25, -0.2) is 4.98 Å². The van der Waals surface area contributed by atoms with Crippen LogP contribution in [0.1, 0.15) is 43.7 Å². The van der Waals surface area contributed by atoms with E-state index in [4.69, 9.17) is 5.11 Å². The number of carboxylic acid groups (broad SMARTS) is 1. The van der Waals surface area contributed by atoms with Crippen LogP contribution in [0.4, 0.5) is 0 Å². The van der Waals surface area contributed by atoms with E-state index in [1.54, 1.807) is 0 Å². The standard InChI is InChI=1S/C11H16N2O2S/c14-10(15)7-16-11-12-6-9(13-11)8-4-2-1-3-5-8/h6,8H,1-5,7H2,(H,12,13)(H,14,15). The molecule has 0 amide bonds. The lowest BCUT2D eigenvalue weighted by atomic mass is 9.87. The number of thioether (sulfide) groups is 1. The highest BCUT2D eigenvalue weighted by Crippen LogP contribution is 2.32. The molecule has 0 radical (unpaired) electrons. The molecule has 1 fully saturated rings. The Morgan fingerprint density at radius 2 is 2.25 bits per heavy atom. The Labute approximate surface area is 98.9 Å². The van der Waals surface area contributed by atoms with Crippen molar-refractivity contribution >= 4 is 17.7 Å². The highest BCUT2D eigenvalue weighted by Gasteiger charge is 2.17. The molecule has 0 atom stereocenters. The first-order chi connectivity index (χ1) is 7.75. The Kier molecular flexibility index (Phi) is 3.88. The monoisotopic (exact) mass is 240 g/mol. The van der Waals surface area contributed by atoms with Gasteiger partial charge >= 0.3 is 5.97 Å². The van der Waals surface area contributed by atoms with Crippen LogP contribution in [-0.2, 0) is 4.79 Å². The topological polar surface area (TPSA) is 66.0 Å². The van der Waals surface area contributed by atoms with Gasteiger partial charge in [0.2, 0.25) is 0 Å². The van der Waals surface area contributed by atoms with E-state index in [1.165, 1.54) is 49.6 Å². The van der Waals surface area contributed by atoms with Gasteiger partial charge in [-0.15, -0.1) is 0 Å². The Balaban J connectivity index is 1.93. The third kappa shape index (κ3) is 3.01. The summed E-state index contributed by atoms with van der Waals surface area (Å²) in [6, 6.07) is 0. The van der Waals surface area contributed by atoms with Crippen molar-refractivity contribution in [2.45, 2.75) is 43.2 Å². The van der Waals surface area contributed by atoms with Gasteiger partial charge in [0.15, 0.2) is 5.16 Å². The van der Waals surface area contributed by atoms with E-state index in [0.29, 0.717) is 5.92 Å². The molecular formula is C11H16N2O2S. The lowest BCUT2D eigenvalue weighted by molar-refractivity contribution is -0.133. The molecule has 2 rings (SSSR count). The summed E-state index contributed by atoms with van der Waals surface area (Å²) in [5.74, 6) is -0.140. The van der Waals surface area contributed by atoms with Crippen molar-refractivity contribution in [2.75, 3.05) is 5.75 Å². The fraction of sp³-hybridized carbons (Fsp3) is 0.636. The molecule has 0 aromatic carbocycles. The van der Waals surface area contributed by atoms with Crippen LogP contribution in [0.2, 0.25) is 0 Å². The van der Waals surface area contributed by atoms with Gasteiger partial charge in [-0.1, -0.05) is 31.0 Å². The second kappa shape index (κ2) is 5.39. The zero-order chi connectivity index (χ0) is 11.4. The van der Waals surface area contributed by atoms with Gasteiger partial charge in [0, 0.05) is 17.8 Å². The third-order valence-electron chi connectivity index (χ3n) is 2.95. The summed E-state index contributed by atoms with van der Waals surface area (Å²) in [5.41, 5.74) is 1.17. The maximum Gasteiger partial charge on any atom is 0.313 e. The molecule has 1 aromatic heterocycles. The van der Waals surface area contributed by atoms with Crippen molar-refractivity contribution in [3.8, 4) is 0 Å². The average Bonchev–Trinajstić information content (AvgIpc) is 2.76. The number of carboxylic acids is 1. The quantitative estimate of drug-likeness (QED) is 0.794. The van der Waals surface area contributed by atoms with E-state index >= 15 is 0 Å². The molecule has 0 spiro atoms. The van der Waals surface area contributed by atoms with Crippen LogP contribution in [0.15, 0.2) is 11.4 Å². The van der Waals surface area contributed by atoms with Crippen molar-refractivity contribution in [1.29, 1.82) is 0 Å². The lowest BCUT2D eigenvalue weighted by Crippen LogP contribution is -2.04. The van der Waals surface area contributed by atoms with E-state index < -0.39 is 5.97 Å². The highest BCUT2D eigenvalue weighted by molar-refractivity contribution is 7.99. The van der Waals surface area contributed by atoms with E-state index in [2.05, 4.69) is 9.97 Å². The van der Waals surface area contributed by atoms with E-state index in [1.807, 2.05) is 6.20 Å². The van der Waals surface area contributed by atoms with Gasteiger partial charge in [0.25, 0.3) is 0 Å². The number of aromatic nitrogens is 2. The predicted molar refractivity (Wildman–Crippen MR) is 62.8 cm³/mol. The maximum absolute atomic E-state index is 10.4. The second-order valence-electron chi connectivity index (χ2n) is 4.16. The van der Waals surface area contributed by atoms with E-state index in [9.17, 15) is 4.79 Å². The number of aromatic amines is 1. The number of nitrogens with one attached hydrogen (secondary N) is 1. The normalized spacial score (nSPS) is 17.5. The van der Waals surface area contributed by atoms with Crippen molar-refractivity contribution in [3.05, 3.63) is 11.9 Å². The molecule has 0 saturated heterocycles. The predicted octanol–water partition coefficient (Wildman–Crippen LogP) is 2.63. The van der Waals surface area contributed by atoms with Crippen LogP contribution < -0.4 is 0 Å². The lowest BCUT2D eigenvalue weighted by Gasteiger charge is -2.19. The molecular weight excluding hydrogens is 224 g/mol. The average molecular weight is 240 g/mol. The molecule has 16 heavy (non-hydrogen) atoms. The minimum atomic E-state index is -0.805. The first-order valence-corrected chi connectivity index (χ1v) is 6.64. The van der Waals surface area contributed by atoms with Gasteiger partial charge in [-0.05, 0) is 12.8 Å². The Bertz CT molecular complexity index is 359. The molecule has 5 heteroatoms. The minimum absolute atomic E-state index is 0.0671. The van der Waals surface area contributed by atoms with Crippen LogP contribution >= 0.6 is 11.8 Å². The second-order valence-corrected chi connectivity index (χ2v) is 5.13. The summed E-state index contributed by atoms with van der Waals surface area (Å²) < 4.78 is 0. The zero-order valence-electron chi connectivity index (χ0n) is 9.11. The summed E-state index contributed by atoms with van der Waals surface area (Å²) in [6.07, 6.45) is 8.24. The molecule has 1 heterocycles. The molecule has 4 nitrogen and oxygen atoms in total. The van der Waals surface area contributed by atoms with Crippen LogP contribution in [0.25, 0.3) is 0 Å². The number of rotatable bonds is 4. The number of nitrogens with zero attached hydrogens (tertiary/aromatic N) is 1. The van der Waals surface area contributed by atoms with Crippen LogP contribution in [0.3, 0.4) is 0 Å². The van der Waals surface area contributed by atoms with Crippen molar-refractivity contribution in [2.24, 2.45) is 0 Å². The third-order valence-corrected chi connectivity index (χ3v) is 3.82. The molecule has 1 aliphatic rings. The molecule has 0 bridgehead atoms. The summed E-state index contributed by atoms with van der Waals surface area (Å²) in [6.45, 7) is 0. The first kappa shape index (κ1) is 11.5. The number of carbonyl (C=O) groups is 1. The first-order valence-electron chi connectivity index (χ1n) is 5.65. The van der Waals surface area contributed by atoms with Crippen molar-refractivity contribution in [3.63, 3.8) is 0 Å². The molecule has 0 aliphatic heterocycles. The summed E-state index contributed by atoms with van der Waals surface area (Å²) in [7, 11) is 0.